The zero-order chi connectivity index (χ0) is 15.2. The summed E-state index contributed by atoms with van der Waals surface area (Å²) in [6.07, 6.45) is 0.430. The first kappa shape index (κ1) is 17.0. The highest BCUT2D eigenvalue weighted by Crippen LogP contribution is 2.18. The van der Waals surface area contributed by atoms with E-state index in [9.17, 15) is 13.2 Å². The van der Waals surface area contributed by atoms with Crippen LogP contribution in [-0.4, -0.2) is 20.1 Å². The summed E-state index contributed by atoms with van der Waals surface area (Å²) in [5, 5.41) is 0. The molecule has 0 spiro atoms. The fourth-order valence-corrected chi connectivity index (χ4v) is 3.10. The number of benzene rings is 1. The van der Waals surface area contributed by atoms with Crippen molar-refractivity contribution in [3.05, 3.63) is 35.9 Å². The van der Waals surface area contributed by atoms with E-state index in [1.54, 1.807) is 0 Å². The Morgan fingerprint density at radius 2 is 1.85 bits per heavy atom. The largest absolute Gasteiger partial charge is 0.461 e. The Bertz CT molecular complexity index is 525. The molecule has 112 valence electrons. The number of ether oxygens (including phenoxy) is 1. The molecule has 0 aliphatic carbocycles. The molecule has 6 heteroatoms. The summed E-state index contributed by atoms with van der Waals surface area (Å²) in [5.41, 5.74) is 0.859. The zero-order valence-corrected chi connectivity index (χ0v) is 13.2. The Balaban J connectivity index is 2.63. The van der Waals surface area contributed by atoms with E-state index in [4.69, 9.17) is 15.4 Å². The van der Waals surface area contributed by atoms with Crippen LogP contribution in [0, 0.1) is 11.8 Å². The van der Waals surface area contributed by atoms with Crippen molar-refractivity contribution in [3.63, 3.8) is 0 Å². The quantitative estimate of drug-likeness (QED) is 0.573. The molecule has 4 nitrogen and oxygen atoms in total. The minimum Gasteiger partial charge on any atom is -0.461 e. The number of carbonyl (C=O) groups excluding carboxylic acids is 1. The van der Waals surface area contributed by atoms with Gasteiger partial charge in [-0.05, 0) is 17.9 Å². The fraction of sp³-hybridized carbons (Fsp3) is 0.500. The van der Waals surface area contributed by atoms with Gasteiger partial charge in [-0.3, -0.25) is 4.79 Å². The van der Waals surface area contributed by atoms with Crippen molar-refractivity contribution >= 4 is 25.7 Å². The molecular formula is C14H19ClO4S. The van der Waals surface area contributed by atoms with Gasteiger partial charge in [0, 0.05) is 10.7 Å². The highest BCUT2D eigenvalue weighted by atomic mass is 35.7. The minimum absolute atomic E-state index is 0.136. The number of esters is 1. The van der Waals surface area contributed by atoms with Gasteiger partial charge in [0.05, 0.1) is 11.7 Å². The first-order valence-corrected chi connectivity index (χ1v) is 8.88. The summed E-state index contributed by atoms with van der Waals surface area (Å²) in [7, 11) is 1.51. The van der Waals surface area contributed by atoms with Crippen LogP contribution in [0.5, 0.6) is 0 Å². The molecule has 0 fully saturated rings. The molecule has 1 rings (SSSR count). The van der Waals surface area contributed by atoms with Crippen LogP contribution in [0.2, 0.25) is 0 Å². The molecule has 0 saturated carbocycles. The second-order valence-electron chi connectivity index (χ2n) is 5.13. The normalized spacial score (nSPS) is 13.2. The molecule has 0 radical (unpaired) electrons. The SMILES string of the molecule is CC(C)CC(CS(=O)(=O)Cl)C(=O)OCc1ccccc1. The number of hydrogen-bond acceptors (Lipinski definition) is 4. The summed E-state index contributed by atoms with van der Waals surface area (Å²) >= 11 is 0. The summed E-state index contributed by atoms with van der Waals surface area (Å²) < 4.78 is 27.5. The Hall–Kier alpha value is -1.07. The average molecular weight is 319 g/mol. The van der Waals surface area contributed by atoms with Gasteiger partial charge in [0.25, 0.3) is 0 Å². The predicted octanol–water partition coefficient (Wildman–Crippen LogP) is 2.96. The Morgan fingerprint density at radius 1 is 1.25 bits per heavy atom. The molecule has 1 aromatic carbocycles. The maximum absolute atomic E-state index is 12.0. The van der Waals surface area contributed by atoms with Crippen molar-refractivity contribution in [1.82, 2.24) is 0 Å². The molecule has 1 unspecified atom stereocenters. The van der Waals surface area contributed by atoms with Crippen LogP contribution in [0.4, 0.5) is 0 Å². The molecule has 0 N–H and O–H groups in total. The summed E-state index contributed by atoms with van der Waals surface area (Å²) in [6.45, 7) is 3.97. The number of carbonyl (C=O) groups is 1. The van der Waals surface area contributed by atoms with Gasteiger partial charge in [-0.2, -0.15) is 0 Å². The van der Waals surface area contributed by atoms with Crippen molar-refractivity contribution < 1.29 is 17.9 Å². The molecule has 1 aromatic rings. The van der Waals surface area contributed by atoms with Crippen molar-refractivity contribution in [2.24, 2.45) is 11.8 Å². The molecule has 0 heterocycles. The lowest BCUT2D eigenvalue weighted by molar-refractivity contribution is -0.149. The minimum atomic E-state index is -3.73. The van der Waals surface area contributed by atoms with E-state index in [0.29, 0.717) is 6.42 Å². The van der Waals surface area contributed by atoms with E-state index < -0.39 is 20.9 Å². The summed E-state index contributed by atoms with van der Waals surface area (Å²) in [5.74, 6) is -1.45. The van der Waals surface area contributed by atoms with Crippen LogP contribution < -0.4 is 0 Å². The van der Waals surface area contributed by atoms with Gasteiger partial charge in [-0.25, -0.2) is 8.42 Å². The predicted molar refractivity (Wildman–Crippen MR) is 78.8 cm³/mol. The third-order valence-corrected chi connectivity index (χ3v) is 3.89. The first-order chi connectivity index (χ1) is 9.28. The molecule has 1 atom stereocenters. The van der Waals surface area contributed by atoms with E-state index in [-0.39, 0.29) is 18.3 Å². The van der Waals surface area contributed by atoms with Gasteiger partial charge in [-0.1, -0.05) is 44.2 Å². The molecule has 20 heavy (non-hydrogen) atoms. The number of rotatable bonds is 7. The van der Waals surface area contributed by atoms with Crippen molar-refractivity contribution in [2.75, 3.05) is 5.75 Å². The van der Waals surface area contributed by atoms with Crippen LogP contribution >= 0.6 is 10.7 Å². The fourth-order valence-electron chi connectivity index (χ4n) is 1.89. The Labute approximate surface area is 124 Å². The van der Waals surface area contributed by atoms with Crippen molar-refractivity contribution in [1.29, 1.82) is 0 Å². The Morgan fingerprint density at radius 3 is 2.35 bits per heavy atom. The average Bonchev–Trinajstić information content (AvgIpc) is 2.34. The maximum atomic E-state index is 12.0. The third kappa shape index (κ3) is 6.91. The lowest BCUT2D eigenvalue weighted by Crippen LogP contribution is -2.25. The van der Waals surface area contributed by atoms with E-state index in [1.807, 2.05) is 44.2 Å². The van der Waals surface area contributed by atoms with Gasteiger partial charge >= 0.3 is 5.97 Å². The molecule has 0 aliphatic heterocycles. The number of halogens is 1. The van der Waals surface area contributed by atoms with Crippen LogP contribution in [-0.2, 0) is 25.2 Å². The summed E-state index contributed by atoms with van der Waals surface area (Å²) in [4.78, 5) is 12.0. The lowest BCUT2D eigenvalue weighted by atomic mass is 9.99. The zero-order valence-electron chi connectivity index (χ0n) is 11.6. The van der Waals surface area contributed by atoms with Crippen molar-refractivity contribution in [2.45, 2.75) is 26.9 Å². The molecule has 0 bridgehead atoms. The van der Waals surface area contributed by atoms with Gasteiger partial charge in [0.1, 0.15) is 6.61 Å². The Kier molecular flexibility index (Phi) is 6.49. The van der Waals surface area contributed by atoms with Crippen LogP contribution in [0.25, 0.3) is 0 Å². The van der Waals surface area contributed by atoms with Crippen LogP contribution in [0.1, 0.15) is 25.8 Å². The highest BCUT2D eigenvalue weighted by molar-refractivity contribution is 8.13. The topological polar surface area (TPSA) is 60.4 Å². The smallest absolute Gasteiger partial charge is 0.310 e. The summed E-state index contributed by atoms with van der Waals surface area (Å²) in [6, 6.07) is 9.23. The van der Waals surface area contributed by atoms with Crippen LogP contribution in [0.15, 0.2) is 30.3 Å². The van der Waals surface area contributed by atoms with Gasteiger partial charge in [0.15, 0.2) is 0 Å². The second kappa shape index (κ2) is 7.64. The number of hydrogen-bond donors (Lipinski definition) is 0. The van der Waals surface area contributed by atoms with E-state index in [1.165, 1.54) is 0 Å². The van der Waals surface area contributed by atoms with E-state index in [0.717, 1.165) is 5.56 Å². The highest BCUT2D eigenvalue weighted by Gasteiger charge is 2.26. The van der Waals surface area contributed by atoms with Gasteiger partial charge in [-0.15, -0.1) is 0 Å². The molecule has 0 aromatic heterocycles. The van der Waals surface area contributed by atoms with Gasteiger partial charge in [0.2, 0.25) is 9.05 Å². The monoisotopic (exact) mass is 318 g/mol. The van der Waals surface area contributed by atoms with Gasteiger partial charge < -0.3 is 4.74 Å². The van der Waals surface area contributed by atoms with E-state index in [2.05, 4.69) is 0 Å². The van der Waals surface area contributed by atoms with Crippen LogP contribution in [0.3, 0.4) is 0 Å². The maximum Gasteiger partial charge on any atom is 0.310 e. The van der Waals surface area contributed by atoms with E-state index >= 15 is 0 Å². The second-order valence-corrected chi connectivity index (χ2v) is 7.95. The molecular weight excluding hydrogens is 300 g/mol. The first-order valence-electron chi connectivity index (χ1n) is 6.41. The molecule has 0 amide bonds. The van der Waals surface area contributed by atoms with Crippen molar-refractivity contribution in [3.8, 4) is 0 Å². The lowest BCUT2D eigenvalue weighted by Gasteiger charge is -2.16. The molecule has 0 saturated heterocycles. The third-order valence-electron chi connectivity index (χ3n) is 2.71. The molecule has 0 aliphatic rings. The standard InChI is InChI=1S/C14H19ClO4S/c1-11(2)8-13(10-20(15,17)18)14(16)19-9-12-6-4-3-5-7-12/h3-7,11,13H,8-10H2,1-2H3.